The van der Waals surface area contributed by atoms with Gasteiger partial charge in [0.2, 0.25) is 11.8 Å². The van der Waals surface area contributed by atoms with Crippen molar-refractivity contribution in [1.29, 1.82) is 0 Å². The first kappa shape index (κ1) is 35.8. The SMILES string of the molecule is C=C(O)CN1CCN(CC(=C)O)CCN(CC(=O)NCCNC(=O)CCC2C3CCCCCCC32)CCN(CC(=O)O)CC1. The van der Waals surface area contributed by atoms with E-state index in [0.717, 1.165) is 24.2 Å². The van der Waals surface area contributed by atoms with Crippen LogP contribution in [0.2, 0.25) is 0 Å². The van der Waals surface area contributed by atoms with Crippen LogP contribution in [-0.2, 0) is 14.4 Å². The van der Waals surface area contributed by atoms with Gasteiger partial charge in [-0.3, -0.25) is 34.0 Å². The Hall–Kier alpha value is -2.67. The molecule has 1 saturated heterocycles. The highest BCUT2D eigenvalue weighted by molar-refractivity contribution is 5.78. The number of amides is 2. The molecule has 12 nitrogen and oxygen atoms in total. The number of nitrogens with zero attached hydrogens (tertiary/aromatic N) is 4. The Labute approximate surface area is 263 Å². The number of carboxylic acids is 1. The molecule has 0 aromatic carbocycles. The molecule has 2 saturated carbocycles. The Balaban J connectivity index is 1.44. The average Bonchev–Trinajstić information content (AvgIpc) is 3.59. The molecule has 3 rings (SSSR count). The molecule has 2 atom stereocenters. The summed E-state index contributed by atoms with van der Waals surface area (Å²) in [6.07, 6.45) is 9.54. The molecule has 0 spiro atoms. The molecule has 2 amide bonds. The lowest BCUT2D eigenvalue weighted by Crippen LogP contribution is -2.49. The van der Waals surface area contributed by atoms with Crippen molar-refractivity contribution in [2.24, 2.45) is 17.8 Å². The maximum Gasteiger partial charge on any atom is 0.317 e. The fourth-order valence-corrected chi connectivity index (χ4v) is 6.89. The van der Waals surface area contributed by atoms with E-state index < -0.39 is 5.97 Å². The standard InChI is InChI=1S/C32H56N6O6/c1-25(39)21-35-13-14-36(22-26(2)40)16-19-38(24-32(43)44)20-18-37(17-15-35)23-31(42)34-12-11-33-30(41)10-9-29-27-7-5-3-4-6-8-28(27)29/h27-29,39-40H,1-24H2,(H,33,41)(H,34,42)(H,43,44). The summed E-state index contributed by atoms with van der Waals surface area (Å²) in [5.41, 5.74) is 0. The highest BCUT2D eigenvalue weighted by Gasteiger charge is 2.48. The number of carboxylic acid groups (broad SMARTS) is 1. The van der Waals surface area contributed by atoms with Gasteiger partial charge in [0, 0.05) is 71.9 Å². The number of carbonyl (C=O) groups is 3. The molecule has 2 unspecified atom stereocenters. The lowest BCUT2D eigenvalue weighted by Gasteiger charge is -2.33. The van der Waals surface area contributed by atoms with Gasteiger partial charge in [0.1, 0.15) is 0 Å². The molecule has 1 heterocycles. The van der Waals surface area contributed by atoms with Gasteiger partial charge < -0.3 is 26.0 Å². The minimum Gasteiger partial charge on any atom is -0.512 e. The van der Waals surface area contributed by atoms with Crippen LogP contribution in [-0.4, -0.2) is 144 Å². The van der Waals surface area contributed by atoms with Gasteiger partial charge in [0.25, 0.3) is 0 Å². The van der Waals surface area contributed by atoms with E-state index >= 15 is 0 Å². The number of hydrogen-bond donors (Lipinski definition) is 5. The maximum absolute atomic E-state index is 12.8. The Morgan fingerprint density at radius 2 is 1.00 bits per heavy atom. The van der Waals surface area contributed by atoms with Crippen molar-refractivity contribution in [3.8, 4) is 0 Å². The van der Waals surface area contributed by atoms with Gasteiger partial charge in [-0.25, -0.2) is 0 Å². The number of rotatable bonds is 14. The summed E-state index contributed by atoms with van der Waals surface area (Å²) < 4.78 is 0. The monoisotopic (exact) mass is 620 g/mol. The lowest BCUT2D eigenvalue weighted by molar-refractivity contribution is -0.138. The zero-order valence-electron chi connectivity index (χ0n) is 26.6. The van der Waals surface area contributed by atoms with Crippen LogP contribution >= 0.6 is 0 Å². The molecule has 0 radical (unpaired) electrons. The number of hydrogen-bond acceptors (Lipinski definition) is 9. The van der Waals surface area contributed by atoms with Gasteiger partial charge in [0.05, 0.1) is 37.7 Å². The molecule has 12 heteroatoms. The summed E-state index contributed by atoms with van der Waals surface area (Å²) in [4.78, 5) is 44.7. The molecule has 3 aliphatic rings. The van der Waals surface area contributed by atoms with Crippen LogP contribution in [0.4, 0.5) is 0 Å². The van der Waals surface area contributed by atoms with Crippen LogP contribution in [0, 0.1) is 17.8 Å². The van der Waals surface area contributed by atoms with Gasteiger partial charge in [-0.2, -0.15) is 0 Å². The fraction of sp³-hybridized carbons (Fsp3) is 0.781. The maximum atomic E-state index is 12.8. The van der Waals surface area contributed by atoms with E-state index in [4.69, 9.17) is 0 Å². The smallest absolute Gasteiger partial charge is 0.317 e. The van der Waals surface area contributed by atoms with Crippen molar-refractivity contribution in [2.75, 3.05) is 91.6 Å². The number of aliphatic hydroxyl groups is 2. The molecule has 0 bridgehead atoms. The lowest BCUT2D eigenvalue weighted by atomic mass is 10.0. The molecular formula is C32H56N6O6. The molecule has 2 aliphatic carbocycles. The number of carbonyl (C=O) groups excluding carboxylic acids is 2. The molecule has 3 fully saturated rings. The van der Waals surface area contributed by atoms with Crippen LogP contribution in [0.3, 0.4) is 0 Å². The average molecular weight is 621 g/mol. The third-order valence-electron chi connectivity index (χ3n) is 9.28. The molecule has 0 aromatic rings. The minimum absolute atomic E-state index is 0.0400. The van der Waals surface area contributed by atoms with Gasteiger partial charge in [-0.05, 0) is 37.0 Å². The van der Waals surface area contributed by atoms with E-state index in [1.165, 1.54) is 38.5 Å². The van der Waals surface area contributed by atoms with Crippen molar-refractivity contribution in [3.63, 3.8) is 0 Å². The van der Waals surface area contributed by atoms with Gasteiger partial charge in [-0.15, -0.1) is 0 Å². The normalized spacial score (nSPS) is 24.9. The fourth-order valence-electron chi connectivity index (χ4n) is 6.89. The highest BCUT2D eigenvalue weighted by Crippen LogP contribution is 2.55. The summed E-state index contributed by atoms with van der Waals surface area (Å²) in [5, 5.41) is 34.9. The Kier molecular flexibility index (Phi) is 15.4. The quantitative estimate of drug-likeness (QED) is 0.143. The third kappa shape index (κ3) is 14.0. The first-order valence-corrected chi connectivity index (χ1v) is 16.5. The molecule has 1 aliphatic heterocycles. The summed E-state index contributed by atoms with van der Waals surface area (Å²) in [6.45, 7) is 12.8. The van der Waals surface area contributed by atoms with Gasteiger partial charge in [-0.1, -0.05) is 38.8 Å². The molecule has 5 N–H and O–H groups in total. The van der Waals surface area contributed by atoms with Crippen LogP contribution in [0.15, 0.2) is 24.7 Å². The molecule has 0 aromatic heterocycles. The predicted molar refractivity (Wildman–Crippen MR) is 170 cm³/mol. The van der Waals surface area contributed by atoms with Crippen molar-refractivity contribution >= 4 is 17.8 Å². The second-order valence-corrected chi connectivity index (χ2v) is 12.9. The van der Waals surface area contributed by atoms with Crippen molar-refractivity contribution < 1.29 is 29.7 Å². The number of nitrogens with one attached hydrogen (secondary N) is 2. The molecule has 44 heavy (non-hydrogen) atoms. The van der Waals surface area contributed by atoms with Crippen LogP contribution in [0.5, 0.6) is 0 Å². The number of aliphatic carboxylic acids is 1. The van der Waals surface area contributed by atoms with E-state index in [2.05, 4.69) is 23.8 Å². The van der Waals surface area contributed by atoms with Crippen LogP contribution < -0.4 is 10.6 Å². The van der Waals surface area contributed by atoms with Gasteiger partial charge >= 0.3 is 5.97 Å². The largest absolute Gasteiger partial charge is 0.512 e. The van der Waals surface area contributed by atoms with Crippen molar-refractivity contribution in [3.05, 3.63) is 24.7 Å². The third-order valence-corrected chi connectivity index (χ3v) is 9.28. The Morgan fingerprint density at radius 3 is 1.43 bits per heavy atom. The zero-order valence-corrected chi connectivity index (χ0v) is 26.6. The summed E-state index contributed by atoms with van der Waals surface area (Å²) in [7, 11) is 0. The minimum atomic E-state index is -0.921. The topological polar surface area (TPSA) is 149 Å². The van der Waals surface area contributed by atoms with Crippen LogP contribution in [0.25, 0.3) is 0 Å². The summed E-state index contributed by atoms with van der Waals surface area (Å²) >= 11 is 0. The van der Waals surface area contributed by atoms with Crippen LogP contribution in [0.1, 0.15) is 51.4 Å². The predicted octanol–water partition coefficient (Wildman–Crippen LogP) is 1.67. The number of aliphatic hydroxyl groups excluding tert-OH is 2. The van der Waals surface area contributed by atoms with E-state index in [-0.39, 0.29) is 43.0 Å². The summed E-state index contributed by atoms with van der Waals surface area (Å²) in [6, 6.07) is 0. The first-order chi connectivity index (χ1) is 21.1. The number of fused-ring (bicyclic) bond motifs is 1. The molecular weight excluding hydrogens is 564 g/mol. The van der Waals surface area contributed by atoms with E-state index in [1.54, 1.807) is 0 Å². The van der Waals surface area contributed by atoms with E-state index in [0.29, 0.717) is 78.4 Å². The second kappa shape index (κ2) is 19.0. The zero-order chi connectivity index (χ0) is 31.9. The van der Waals surface area contributed by atoms with E-state index in [1.807, 2.05) is 19.6 Å². The summed E-state index contributed by atoms with van der Waals surface area (Å²) in [5.74, 6) is 1.45. The van der Waals surface area contributed by atoms with Crippen molar-refractivity contribution in [1.82, 2.24) is 30.2 Å². The highest BCUT2D eigenvalue weighted by atomic mass is 16.4. The first-order valence-electron chi connectivity index (χ1n) is 16.5. The molecule has 250 valence electrons. The van der Waals surface area contributed by atoms with Gasteiger partial charge in [0.15, 0.2) is 0 Å². The van der Waals surface area contributed by atoms with Crippen molar-refractivity contribution in [2.45, 2.75) is 51.4 Å². The Morgan fingerprint density at radius 1 is 0.591 bits per heavy atom. The second-order valence-electron chi connectivity index (χ2n) is 12.9. The van der Waals surface area contributed by atoms with E-state index in [9.17, 15) is 29.7 Å². The Bertz CT molecular complexity index is 918.